The van der Waals surface area contributed by atoms with Gasteiger partial charge in [-0.15, -0.1) is 0 Å². The van der Waals surface area contributed by atoms with E-state index < -0.39 is 0 Å². The summed E-state index contributed by atoms with van der Waals surface area (Å²) >= 11 is 6.19. The molecule has 0 aliphatic heterocycles. The Kier molecular flexibility index (Phi) is 5.89. The number of carbonyl (C=O) groups excluding carboxylic acids is 1. The van der Waals surface area contributed by atoms with E-state index in [2.05, 4.69) is 9.97 Å². The molecule has 1 saturated carbocycles. The van der Waals surface area contributed by atoms with Gasteiger partial charge in [0.05, 0.1) is 18.7 Å². The Bertz CT molecular complexity index is 822. The number of ether oxygens (including phenoxy) is 2. The van der Waals surface area contributed by atoms with Crippen molar-refractivity contribution in [3.8, 4) is 11.5 Å². The molecule has 1 aromatic heterocycles. The van der Waals surface area contributed by atoms with Gasteiger partial charge in [-0.1, -0.05) is 11.6 Å². The fraction of sp³-hybridized carbons (Fsp3) is 0.526. The van der Waals surface area contributed by atoms with Crippen molar-refractivity contribution in [2.45, 2.75) is 37.8 Å². The van der Waals surface area contributed by atoms with Crippen LogP contribution in [0.25, 0.3) is 10.9 Å². The van der Waals surface area contributed by atoms with Crippen LogP contribution >= 0.6 is 11.6 Å². The van der Waals surface area contributed by atoms with E-state index in [4.69, 9.17) is 21.1 Å². The molecule has 146 valence electrons. The second-order valence-electron chi connectivity index (χ2n) is 7.02. The highest BCUT2D eigenvalue weighted by molar-refractivity contribution is 6.34. The average Bonchev–Trinajstić information content (AvgIpc) is 2.67. The molecule has 27 heavy (non-hydrogen) atoms. The van der Waals surface area contributed by atoms with Crippen molar-refractivity contribution in [1.29, 1.82) is 0 Å². The summed E-state index contributed by atoms with van der Waals surface area (Å²) < 4.78 is 11.7. The molecule has 8 heteroatoms. The van der Waals surface area contributed by atoms with Crippen molar-refractivity contribution in [1.82, 2.24) is 19.8 Å². The molecule has 0 spiro atoms. The van der Waals surface area contributed by atoms with Crippen LogP contribution in [0.3, 0.4) is 0 Å². The quantitative estimate of drug-likeness (QED) is 0.744. The van der Waals surface area contributed by atoms with Gasteiger partial charge in [0.25, 0.3) is 0 Å². The van der Waals surface area contributed by atoms with Crippen LogP contribution in [0.2, 0.25) is 5.15 Å². The summed E-state index contributed by atoms with van der Waals surface area (Å²) in [5.74, 6) is 1.27. The third-order valence-electron chi connectivity index (χ3n) is 5.04. The Morgan fingerprint density at radius 2 is 1.81 bits per heavy atom. The molecule has 0 bridgehead atoms. The minimum Gasteiger partial charge on any atom is -0.493 e. The van der Waals surface area contributed by atoms with Crippen LogP contribution in [0.4, 0.5) is 4.79 Å². The van der Waals surface area contributed by atoms with Crippen molar-refractivity contribution in [3.05, 3.63) is 23.6 Å². The third kappa shape index (κ3) is 4.18. The Morgan fingerprint density at radius 3 is 2.44 bits per heavy atom. The lowest BCUT2D eigenvalue weighted by molar-refractivity contribution is 0.0991. The van der Waals surface area contributed by atoms with E-state index >= 15 is 0 Å². The molecule has 0 unspecified atom stereocenters. The molecule has 0 N–H and O–H groups in total. The van der Waals surface area contributed by atoms with Gasteiger partial charge in [-0.3, -0.25) is 0 Å². The maximum Gasteiger partial charge on any atom is 0.319 e. The minimum absolute atomic E-state index is 0.0326. The van der Waals surface area contributed by atoms with E-state index in [1.807, 2.05) is 24.1 Å². The normalized spacial score (nSPS) is 19.6. The molecule has 0 atom stereocenters. The Morgan fingerprint density at radius 1 is 1.11 bits per heavy atom. The van der Waals surface area contributed by atoms with Gasteiger partial charge in [0, 0.05) is 38.6 Å². The lowest BCUT2D eigenvalue weighted by Gasteiger charge is -2.36. The average molecular weight is 393 g/mol. The standard InChI is InChI=1S/C19H25ClN4O3/c1-23(2)19(25)24(3)12-5-7-13(8-6-12)27-17-9-14-15(10-16(17)26-4)21-11-22-18(14)20/h9-13H,5-8H2,1-4H3. The summed E-state index contributed by atoms with van der Waals surface area (Å²) in [6.45, 7) is 0. The number of carbonyl (C=O) groups is 1. The summed E-state index contributed by atoms with van der Waals surface area (Å²) in [6, 6.07) is 3.92. The van der Waals surface area contributed by atoms with Crippen LogP contribution in [-0.2, 0) is 0 Å². The summed E-state index contributed by atoms with van der Waals surface area (Å²) in [7, 11) is 7.01. The SMILES string of the molecule is COc1cc2ncnc(Cl)c2cc1OC1CCC(N(C)C(=O)N(C)C)CC1. The third-order valence-corrected chi connectivity index (χ3v) is 5.34. The molecule has 0 saturated heterocycles. The summed E-state index contributed by atoms with van der Waals surface area (Å²) in [5, 5.41) is 1.12. The first-order valence-electron chi connectivity index (χ1n) is 8.99. The van der Waals surface area contributed by atoms with Gasteiger partial charge in [0.15, 0.2) is 11.5 Å². The molecule has 3 rings (SSSR count). The van der Waals surface area contributed by atoms with Gasteiger partial charge in [-0.2, -0.15) is 0 Å². The number of rotatable bonds is 4. The maximum atomic E-state index is 12.1. The molecule has 2 amide bonds. The number of hydrogen-bond donors (Lipinski definition) is 0. The number of benzene rings is 1. The number of hydrogen-bond acceptors (Lipinski definition) is 5. The van der Waals surface area contributed by atoms with Crippen molar-refractivity contribution < 1.29 is 14.3 Å². The van der Waals surface area contributed by atoms with E-state index in [1.165, 1.54) is 6.33 Å². The smallest absolute Gasteiger partial charge is 0.319 e. The van der Waals surface area contributed by atoms with Crippen molar-refractivity contribution in [3.63, 3.8) is 0 Å². The highest BCUT2D eigenvalue weighted by atomic mass is 35.5. The number of fused-ring (bicyclic) bond motifs is 1. The fourth-order valence-corrected chi connectivity index (χ4v) is 3.68. The molecule has 7 nitrogen and oxygen atoms in total. The molecule has 2 aromatic rings. The zero-order valence-electron chi connectivity index (χ0n) is 16.1. The van der Waals surface area contributed by atoms with Crippen molar-refractivity contribution >= 4 is 28.5 Å². The predicted octanol–water partition coefficient (Wildman–Crippen LogP) is 3.60. The Labute approximate surface area is 164 Å². The second-order valence-corrected chi connectivity index (χ2v) is 7.38. The number of urea groups is 1. The Balaban J connectivity index is 1.70. The van der Waals surface area contributed by atoms with Crippen LogP contribution in [0.15, 0.2) is 18.5 Å². The zero-order valence-corrected chi connectivity index (χ0v) is 16.9. The van der Waals surface area contributed by atoms with Crippen LogP contribution < -0.4 is 9.47 Å². The predicted molar refractivity (Wildman–Crippen MR) is 105 cm³/mol. The van der Waals surface area contributed by atoms with E-state index in [0.29, 0.717) is 22.2 Å². The van der Waals surface area contributed by atoms with Gasteiger partial charge in [0.2, 0.25) is 0 Å². The molecular weight excluding hydrogens is 368 g/mol. The van der Waals surface area contributed by atoms with Crippen molar-refractivity contribution in [2.75, 3.05) is 28.3 Å². The zero-order chi connectivity index (χ0) is 19.6. The second kappa shape index (κ2) is 8.17. The van der Waals surface area contributed by atoms with Crippen LogP contribution in [-0.4, -0.2) is 66.2 Å². The molecule has 1 aliphatic carbocycles. The first-order valence-corrected chi connectivity index (χ1v) is 9.37. The largest absolute Gasteiger partial charge is 0.493 e. The molecule has 1 fully saturated rings. The highest BCUT2D eigenvalue weighted by Crippen LogP contribution is 2.36. The topological polar surface area (TPSA) is 67.8 Å². The number of aromatic nitrogens is 2. The minimum atomic E-state index is 0.0326. The van der Waals surface area contributed by atoms with E-state index in [1.54, 1.807) is 26.1 Å². The number of amides is 2. The van der Waals surface area contributed by atoms with Crippen LogP contribution in [0.5, 0.6) is 11.5 Å². The van der Waals surface area contributed by atoms with Gasteiger partial charge in [-0.25, -0.2) is 14.8 Å². The van der Waals surface area contributed by atoms with Crippen LogP contribution in [0.1, 0.15) is 25.7 Å². The molecule has 1 heterocycles. The van der Waals surface area contributed by atoms with Crippen LogP contribution in [0, 0.1) is 0 Å². The summed E-state index contributed by atoms with van der Waals surface area (Å²) in [5.41, 5.74) is 0.715. The number of methoxy groups -OCH3 is 1. The lowest BCUT2D eigenvalue weighted by atomic mass is 9.92. The highest BCUT2D eigenvalue weighted by Gasteiger charge is 2.28. The Hall–Kier alpha value is -2.28. The van der Waals surface area contributed by atoms with Gasteiger partial charge < -0.3 is 19.3 Å². The van der Waals surface area contributed by atoms with E-state index in [-0.39, 0.29) is 18.2 Å². The maximum absolute atomic E-state index is 12.1. The summed E-state index contributed by atoms with van der Waals surface area (Å²) in [6.07, 6.45) is 5.04. The molecule has 0 radical (unpaired) electrons. The van der Waals surface area contributed by atoms with E-state index in [0.717, 1.165) is 31.1 Å². The fourth-order valence-electron chi connectivity index (χ4n) is 3.49. The monoisotopic (exact) mass is 392 g/mol. The molecule has 1 aliphatic rings. The number of nitrogens with zero attached hydrogens (tertiary/aromatic N) is 4. The van der Waals surface area contributed by atoms with Crippen molar-refractivity contribution in [2.24, 2.45) is 0 Å². The first kappa shape index (κ1) is 19.5. The van der Waals surface area contributed by atoms with Gasteiger partial charge >= 0.3 is 6.03 Å². The van der Waals surface area contributed by atoms with E-state index in [9.17, 15) is 4.79 Å². The first-order chi connectivity index (χ1) is 12.9. The molecular formula is C19H25ClN4O3. The molecule has 1 aromatic carbocycles. The number of halogens is 1. The van der Waals surface area contributed by atoms with Gasteiger partial charge in [-0.05, 0) is 31.7 Å². The van der Waals surface area contributed by atoms with Gasteiger partial charge in [0.1, 0.15) is 11.5 Å². The lowest BCUT2D eigenvalue weighted by Crippen LogP contribution is -2.45. The summed E-state index contributed by atoms with van der Waals surface area (Å²) in [4.78, 5) is 23.8.